The van der Waals surface area contributed by atoms with E-state index in [1.54, 1.807) is 6.08 Å². The van der Waals surface area contributed by atoms with Crippen LogP contribution in [0.4, 0.5) is 4.39 Å². The first-order valence-electron chi connectivity index (χ1n) is 6.93. The summed E-state index contributed by atoms with van der Waals surface area (Å²) in [6.45, 7) is 16.6. The van der Waals surface area contributed by atoms with Gasteiger partial charge in [-0.1, -0.05) is 38.7 Å². The summed E-state index contributed by atoms with van der Waals surface area (Å²) in [6, 6.07) is 0. The minimum absolute atomic E-state index is 0. The number of hydrogen-bond acceptors (Lipinski definition) is 2. The van der Waals surface area contributed by atoms with Crippen molar-refractivity contribution >= 4 is 5.91 Å². The molecule has 2 atom stereocenters. The lowest BCUT2D eigenvalue weighted by Gasteiger charge is -2.20. The minimum atomic E-state index is -1.47. The quantitative estimate of drug-likeness (QED) is 0.780. The molecule has 0 aromatic carbocycles. The van der Waals surface area contributed by atoms with Gasteiger partial charge in [0.1, 0.15) is 5.67 Å². The van der Waals surface area contributed by atoms with Crippen LogP contribution in [-0.2, 0) is 4.79 Å². The molecule has 0 aromatic rings. The fourth-order valence-corrected chi connectivity index (χ4v) is 2.03. The molecule has 1 amide bonds. The van der Waals surface area contributed by atoms with E-state index in [4.69, 9.17) is 5.73 Å². The molecule has 21 heavy (non-hydrogen) atoms. The van der Waals surface area contributed by atoms with E-state index in [1.165, 1.54) is 13.8 Å². The Morgan fingerprint density at radius 2 is 1.90 bits per heavy atom. The number of carbonyl (C=O) groups is 1. The molecule has 5 N–H and O–H groups in total. The lowest BCUT2D eigenvalue weighted by Crippen LogP contribution is -2.25. The van der Waals surface area contributed by atoms with Crippen molar-refractivity contribution in [3.8, 4) is 0 Å². The minimum Gasteiger partial charge on any atom is -0.412 e. The maximum absolute atomic E-state index is 13.7. The second kappa shape index (κ2) is 8.62. The van der Waals surface area contributed by atoms with Gasteiger partial charge in [0.15, 0.2) is 0 Å². The monoisotopic (exact) mass is 300 g/mol. The van der Waals surface area contributed by atoms with Gasteiger partial charge in [-0.05, 0) is 26.3 Å². The Kier molecular flexibility index (Phi) is 8.90. The molecule has 0 aromatic heterocycles. The maximum atomic E-state index is 13.7. The van der Waals surface area contributed by atoms with Gasteiger partial charge < -0.3 is 16.5 Å². The van der Waals surface area contributed by atoms with Crippen LogP contribution in [0.1, 0.15) is 34.6 Å². The number of rotatable bonds is 4. The van der Waals surface area contributed by atoms with E-state index in [0.29, 0.717) is 17.8 Å². The van der Waals surface area contributed by atoms with E-state index in [2.05, 4.69) is 18.5 Å². The number of hydrogen-bond donors (Lipinski definition) is 2. The number of allylic oxidation sites excluding steroid dienone is 2. The van der Waals surface area contributed by atoms with Crippen molar-refractivity contribution in [3.63, 3.8) is 0 Å². The Balaban J connectivity index is 0. The summed E-state index contributed by atoms with van der Waals surface area (Å²) in [7, 11) is 0. The summed E-state index contributed by atoms with van der Waals surface area (Å²) in [5.74, 6) is -0.628. The number of alkyl halides is 1. The van der Waals surface area contributed by atoms with Crippen molar-refractivity contribution in [1.82, 2.24) is 5.32 Å². The van der Waals surface area contributed by atoms with Crippen LogP contribution in [0.5, 0.6) is 0 Å². The third kappa shape index (κ3) is 5.71. The van der Waals surface area contributed by atoms with Gasteiger partial charge in [-0.15, -0.1) is 0 Å². The highest BCUT2D eigenvalue weighted by Crippen LogP contribution is 2.31. The van der Waals surface area contributed by atoms with Gasteiger partial charge in [0.25, 0.3) is 0 Å². The van der Waals surface area contributed by atoms with E-state index < -0.39 is 11.6 Å². The van der Waals surface area contributed by atoms with Crippen LogP contribution in [0, 0.1) is 11.8 Å². The topological polar surface area (TPSA) is 86.6 Å². The zero-order chi connectivity index (χ0) is 16.1. The summed E-state index contributed by atoms with van der Waals surface area (Å²) in [5, 5.41) is 2.75. The fourth-order valence-electron chi connectivity index (χ4n) is 2.03. The van der Waals surface area contributed by atoms with E-state index in [-0.39, 0.29) is 17.3 Å². The van der Waals surface area contributed by atoms with Gasteiger partial charge in [0.2, 0.25) is 5.91 Å². The third-order valence-electron chi connectivity index (χ3n) is 3.33. The molecular weight excluding hydrogens is 271 g/mol. The summed E-state index contributed by atoms with van der Waals surface area (Å²) >= 11 is 0. The van der Waals surface area contributed by atoms with Crippen LogP contribution in [0.3, 0.4) is 0 Å². The Labute approximate surface area is 127 Å². The lowest BCUT2D eigenvalue weighted by atomic mass is 9.85. The van der Waals surface area contributed by atoms with Crippen LogP contribution < -0.4 is 11.1 Å². The molecule has 1 fully saturated rings. The highest BCUT2D eigenvalue weighted by Gasteiger charge is 2.36. The molecule has 1 aliphatic rings. The van der Waals surface area contributed by atoms with Gasteiger partial charge >= 0.3 is 0 Å². The Bertz CT molecular complexity index is 422. The molecule has 5 heteroatoms. The van der Waals surface area contributed by atoms with Crippen molar-refractivity contribution in [2.45, 2.75) is 40.3 Å². The van der Waals surface area contributed by atoms with Gasteiger partial charge in [-0.25, -0.2) is 4.39 Å². The molecule has 1 heterocycles. The average molecular weight is 300 g/mol. The van der Waals surface area contributed by atoms with Gasteiger partial charge in [0.05, 0.1) is 5.92 Å². The first kappa shape index (κ1) is 21.7. The molecule has 4 nitrogen and oxygen atoms in total. The highest BCUT2D eigenvalue weighted by atomic mass is 19.1. The second-order valence-corrected chi connectivity index (χ2v) is 5.29. The molecule has 1 saturated heterocycles. The van der Waals surface area contributed by atoms with Crippen LogP contribution in [0.2, 0.25) is 0 Å². The SMILES string of the molecule is C=C(N)[C@H]1C(=O)NC[C@@H]1/C(C)=C/C(=C)C(C)(C)F.CC.O. The normalized spacial score (nSPS) is 21.6. The predicted octanol–water partition coefficient (Wildman–Crippen LogP) is 2.27. The van der Waals surface area contributed by atoms with Crippen LogP contribution in [0.25, 0.3) is 0 Å². The van der Waals surface area contributed by atoms with E-state index in [1.807, 2.05) is 20.8 Å². The number of amides is 1. The molecule has 0 unspecified atom stereocenters. The molecule has 0 saturated carbocycles. The number of nitrogens with two attached hydrogens (primary N) is 1. The van der Waals surface area contributed by atoms with Crippen molar-refractivity contribution < 1.29 is 14.7 Å². The zero-order valence-electron chi connectivity index (χ0n) is 13.7. The molecule has 122 valence electrons. The van der Waals surface area contributed by atoms with Crippen LogP contribution in [-0.4, -0.2) is 23.6 Å². The van der Waals surface area contributed by atoms with Crippen molar-refractivity contribution in [1.29, 1.82) is 0 Å². The standard InChI is InChI=1S/C14H21FN2O.C2H6.H2O/c1-8(6-9(2)14(4,5)15)11-7-17-13(18)12(11)10(3)16;1-2;/h6,11-12H,2-3,7,16H2,1,4-5H3,(H,17,18);1-2H3;1H2/b8-6+;;/t11-,12-;;/m1../s1. The molecular formula is C16H29FN2O2. The Morgan fingerprint density at radius 3 is 2.29 bits per heavy atom. The van der Waals surface area contributed by atoms with Crippen molar-refractivity contribution in [3.05, 3.63) is 36.1 Å². The third-order valence-corrected chi connectivity index (χ3v) is 3.33. The maximum Gasteiger partial charge on any atom is 0.229 e. The number of halogens is 1. The first-order chi connectivity index (χ1) is 9.14. The smallest absolute Gasteiger partial charge is 0.229 e. The average Bonchev–Trinajstić information content (AvgIpc) is 2.72. The Morgan fingerprint density at radius 1 is 1.43 bits per heavy atom. The Hall–Kier alpha value is -1.62. The van der Waals surface area contributed by atoms with Gasteiger partial charge in [-0.2, -0.15) is 0 Å². The molecule has 1 rings (SSSR count). The van der Waals surface area contributed by atoms with E-state index in [9.17, 15) is 9.18 Å². The molecule has 0 bridgehead atoms. The van der Waals surface area contributed by atoms with E-state index in [0.717, 1.165) is 5.57 Å². The van der Waals surface area contributed by atoms with E-state index >= 15 is 0 Å². The van der Waals surface area contributed by atoms with Crippen LogP contribution in [0.15, 0.2) is 36.1 Å². The predicted molar refractivity (Wildman–Crippen MR) is 86.4 cm³/mol. The first-order valence-corrected chi connectivity index (χ1v) is 6.93. The molecule has 1 aliphatic heterocycles. The summed E-state index contributed by atoms with van der Waals surface area (Å²) in [6.07, 6.45) is 1.70. The summed E-state index contributed by atoms with van der Waals surface area (Å²) in [5.41, 5.74) is 5.81. The molecule has 0 radical (unpaired) electrons. The number of carbonyl (C=O) groups excluding carboxylic acids is 1. The molecule has 0 aliphatic carbocycles. The second-order valence-electron chi connectivity index (χ2n) is 5.29. The largest absolute Gasteiger partial charge is 0.412 e. The number of nitrogens with one attached hydrogen (secondary N) is 1. The summed E-state index contributed by atoms with van der Waals surface area (Å²) in [4.78, 5) is 11.6. The highest BCUT2D eigenvalue weighted by molar-refractivity contribution is 5.84. The lowest BCUT2D eigenvalue weighted by molar-refractivity contribution is -0.121. The van der Waals surface area contributed by atoms with Gasteiger partial charge in [-0.3, -0.25) is 4.79 Å². The molecule has 0 spiro atoms. The fraction of sp³-hybridized carbons (Fsp3) is 0.562. The van der Waals surface area contributed by atoms with Gasteiger partial charge in [0, 0.05) is 18.2 Å². The van der Waals surface area contributed by atoms with Crippen molar-refractivity contribution in [2.24, 2.45) is 17.6 Å². The zero-order valence-corrected chi connectivity index (χ0v) is 13.7. The summed E-state index contributed by atoms with van der Waals surface area (Å²) < 4.78 is 13.7. The van der Waals surface area contributed by atoms with Crippen molar-refractivity contribution in [2.75, 3.05) is 6.54 Å². The van der Waals surface area contributed by atoms with Crippen LogP contribution >= 0.6 is 0 Å².